The minimum atomic E-state index is 0.628. The van der Waals surface area contributed by atoms with Gasteiger partial charge in [-0.3, -0.25) is 0 Å². The third-order valence-corrected chi connectivity index (χ3v) is 6.26. The summed E-state index contributed by atoms with van der Waals surface area (Å²) in [6, 6.07) is 12.6. The molecule has 0 aliphatic carbocycles. The standard InChI is InChI=1S/C25H31N3O2S/c1-5-14-26-15-8-7-9-16-28(20-11-13-22(29-3)23(18-20)30-4)25-27-21-12-10-19(6-2)17-24(21)31-25/h1,10-13,17-18,26H,6-9,14-16H2,2-4H3. The number of ether oxygens (including phenoxy) is 2. The smallest absolute Gasteiger partial charge is 0.190 e. The van der Waals surface area contributed by atoms with Gasteiger partial charge in [0.2, 0.25) is 0 Å². The van der Waals surface area contributed by atoms with Gasteiger partial charge in [-0.1, -0.05) is 36.7 Å². The molecule has 0 aliphatic rings. The highest BCUT2D eigenvalue weighted by Crippen LogP contribution is 2.38. The van der Waals surface area contributed by atoms with E-state index in [0.29, 0.717) is 6.54 Å². The van der Waals surface area contributed by atoms with E-state index in [-0.39, 0.29) is 0 Å². The molecule has 31 heavy (non-hydrogen) atoms. The lowest BCUT2D eigenvalue weighted by molar-refractivity contribution is 0.355. The lowest BCUT2D eigenvalue weighted by Crippen LogP contribution is -2.19. The monoisotopic (exact) mass is 437 g/mol. The maximum Gasteiger partial charge on any atom is 0.190 e. The van der Waals surface area contributed by atoms with Gasteiger partial charge in [-0.15, -0.1) is 6.42 Å². The Bertz CT molecular complexity index is 1030. The second-order valence-electron chi connectivity index (χ2n) is 7.28. The Labute approximate surface area is 189 Å². The zero-order chi connectivity index (χ0) is 22.1. The predicted molar refractivity (Wildman–Crippen MR) is 131 cm³/mol. The quantitative estimate of drug-likeness (QED) is 0.303. The molecule has 164 valence electrons. The lowest BCUT2D eigenvalue weighted by atomic mass is 10.2. The zero-order valence-corrected chi connectivity index (χ0v) is 19.4. The summed E-state index contributed by atoms with van der Waals surface area (Å²) in [7, 11) is 3.32. The first-order valence-corrected chi connectivity index (χ1v) is 11.5. The molecular weight excluding hydrogens is 406 g/mol. The van der Waals surface area contributed by atoms with Crippen LogP contribution in [0.4, 0.5) is 10.8 Å². The van der Waals surface area contributed by atoms with Crippen LogP contribution in [0.3, 0.4) is 0 Å². The Balaban J connectivity index is 1.83. The second kappa shape index (κ2) is 11.6. The molecular formula is C25H31N3O2S. The number of fused-ring (bicyclic) bond motifs is 1. The minimum Gasteiger partial charge on any atom is -0.493 e. The van der Waals surface area contributed by atoms with Crippen molar-refractivity contribution in [1.82, 2.24) is 10.3 Å². The molecule has 0 bridgehead atoms. The van der Waals surface area contributed by atoms with Crippen LogP contribution in [0, 0.1) is 12.3 Å². The summed E-state index contributed by atoms with van der Waals surface area (Å²) >= 11 is 1.74. The average Bonchev–Trinajstić information content (AvgIpc) is 3.23. The summed E-state index contributed by atoms with van der Waals surface area (Å²) in [5.74, 6) is 4.06. The number of aryl methyl sites for hydroxylation is 1. The van der Waals surface area contributed by atoms with E-state index >= 15 is 0 Å². The van der Waals surface area contributed by atoms with E-state index in [1.807, 2.05) is 12.1 Å². The number of terminal acetylenes is 1. The van der Waals surface area contributed by atoms with E-state index in [1.54, 1.807) is 25.6 Å². The van der Waals surface area contributed by atoms with Crippen molar-refractivity contribution in [3.05, 3.63) is 42.0 Å². The number of anilines is 2. The zero-order valence-electron chi connectivity index (χ0n) is 18.6. The van der Waals surface area contributed by atoms with E-state index in [9.17, 15) is 0 Å². The Morgan fingerprint density at radius 2 is 1.90 bits per heavy atom. The van der Waals surface area contributed by atoms with Gasteiger partial charge in [-0.25, -0.2) is 4.98 Å². The summed E-state index contributed by atoms with van der Waals surface area (Å²) in [6.45, 7) is 4.63. The minimum absolute atomic E-state index is 0.628. The number of rotatable bonds is 12. The van der Waals surface area contributed by atoms with Crippen molar-refractivity contribution in [3.8, 4) is 23.8 Å². The summed E-state index contributed by atoms with van der Waals surface area (Å²) < 4.78 is 12.2. The maximum absolute atomic E-state index is 5.54. The summed E-state index contributed by atoms with van der Waals surface area (Å²) in [5, 5.41) is 4.25. The molecule has 6 heteroatoms. The normalized spacial score (nSPS) is 10.8. The first kappa shape index (κ1) is 22.9. The van der Waals surface area contributed by atoms with Gasteiger partial charge < -0.3 is 19.7 Å². The molecule has 2 aromatic carbocycles. The number of aromatic nitrogens is 1. The fourth-order valence-electron chi connectivity index (χ4n) is 3.48. The van der Waals surface area contributed by atoms with Crippen LogP contribution in [0.1, 0.15) is 31.7 Å². The molecule has 3 rings (SSSR count). The highest BCUT2D eigenvalue weighted by Gasteiger charge is 2.17. The van der Waals surface area contributed by atoms with Crippen LogP contribution in [-0.4, -0.2) is 38.8 Å². The first-order chi connectivity index (χ1) is 15.2. The molecule has 0 fully saturated rings. The third kappa shape index (κ3) is 5.90. The number of nitrogens with zero attached hydrogens (tertiary/aromatic N) is 2. The summed E-state index contributed by atoms with van der Waals surface area (Å²) in [6.07, 6.45) is 9.59. The van der Waals surface area contributed by atoms with Crippen LogP contribution in [-0.2, 0) is 6.42 Å². The van der Waals surface area contributed by atoms with Gasteiger partial charge in [0, 0.05) is 18.3 Å². The molecule has 0 radical (unpaired) electrons. The molecule has 5 nitrogen and oxygen atoms in total. The number of nitrogens with one attached hydrogen (secondary N) is 1. The Kier molecular flexibility index (Phi) is 8.57. The van der Waals surface area contributed by atoms with Crippen molar-refractivity contribution in [1.29, 1.82) is 0 Å². The highest BCUT2D eigenvalue weighted by atomic mass is 32.1. The van der Waals surface area contributed by atoms with Crippen LogP contribution in [0.2, 0.25) is 0 Å². The first-order valence-electron chi connectivity index (χ1n) is 10.7. The molecule has 0 atom stereocenters. The number of unbranched alkanes of at least 4 members (excludes halogenated alkanes) is 2. The van der Waals surface area contributed by atoms with Crippen molar-refractivity contribution in [2.75, 3.05) is 38.8 Å². The molecule has 0 spiro atoms. The average molecular weight is 438 g/mol. The molecule has 1 heterocycles. The molecule has 0 unspecified atom stereocenters. The molecule has 0 saturated heterocycles. The highest BCUT2D eigenvalue weighted by molar-refractivity contribution is 7.22. The maximum atomic E-state index is 5.54. The Morgan fingerprint density at radius 3 is 2.65 bits per heavy atom. The second-order valence-corrected chi connectivity index (χ2v) is 8.29. The van der Waals surface area contributed by atoms with Crippen LogP contribution in [0.15, 0.2) is 36.4 Å². The third-order valence-electron chi connectivity index (χ3n) is 5.22. The van der Waals surface area contributed by atoms with Gasteiger partial charge >= 0.3 is 0 Å². The van der Waals surface area contributed by atoms with E-state index < -0.39 is 0 Å². The van der Waals surface area contributed by atoms with Crippen molar-refractivity contribution >= 4 is 32.4 Å². The number of benzene rings is 2. The predicted octanol–water partition coefficient (Wildman–Crippen LogP) is 5.41. The summed E-state index contributed by atoms with van der Waals surface area (Å²) in [4.78, 5) is 7.23. The van der Waals surface area contributed by atoms with Crippen molar-refractivity contribution in [2.45, 2.75) is 32.6 Å². The fraction of sp³-hybridized carbons (Fsp3) is 0.400. The summed E-state index contributed by atoms with van der Waals surface area (Å²) in [5.41, 5.74) is 3.43. The van der Waals surface area contributed by atoms with Crippen molar-refractivity contribution in [2.24, 2.45) is 0 Å². The van der Waals surface area contributed by atoms with Gasteiger partial charge in [0.1, 0.15) is 0 Å². The molecule has 0 saturated carbocycles. The van der Waals surface area contributed by atoms with Crippen LogP contribution in [0.5, 0.6) is 11.5 Å². The van der Waals surface area contributed by atoms with Crippen molar-refractivity contribution < 1.29 is 9.47 Å². The number of thiazole rings is 1. The van der Waals surface area contributed by atoms with Gasteiger partial charge in [-0.2, -0.15) is 0 Å². The van der Waals surface area contributed by atoms with Crippen LogP contribution in [0.25, 0.3) is 10.2 Å². The van der Waals surface area contributed by atoms with E-state index in [2.05, 4.69) is 47.3 Å². The van der Waals surface area contributed by atoms with E-state index in [4.69, 9.17) is 20.9 Å². The fourth-order valence-corrected chi connectivity index (χ4v) is 4.55. The molecule has 1 N–H and O–H groups in total. The molecule has 0 amide bonds. The van der Waals surface area contributed by atoms with Gasteiger partial charge in [0.25, 0.3) is 0 Å². The molecule has 1 aromatic heterocycles. The van der Waals surface area contributed by atoms with E-state index in [0.717, 1.165) is 66.6 Å². The van der Waals surface area contributed by atoms with Gasteiger partial charge in [0.15, 0.2) is 16.6 Å². The van der Waals surface area contributed by atoms with Gasteiger partial charge in [0.05, 0.1) is 31.0 Å². The topological polar surface area (TPSA) is 46.6 Å². The molecule has 0 aliphatic heterocycles. The Hall–Kier alpha value is -2.75. The Morgan fingerprint density at radius 1 is 1.06 bits per heavy atom. The number of methoxy groups -OCH3 is 2. The van der Waals surface area contributed by atoms with Crippen LogP contribution < -0.4 is 19.7 Å². The number of hydrogen-bond donors (Lipinski definition) is 1. The largest absolute Gasteiger partial charge is 0.493 e. The SMILES string of the molecule is C#CCNCCCCCN(c1ccc(OC)c(OC)c1)c1nc2ccc(CC)cc2s1. The van der Waals surface area contributed by atoms with E-state index in [1.165, 1.54) is 10.3 Å². The van der Waals surface area contributed by atoms with Gasteiger partial charge in [-0.05, 0) is 55.6 Å². The molecule has 3 aromatic rings. The van der Waals surface area contributed by atoms with Crippen LogP contribution >= 0.6 is 11.3 Å². The lowest BCUT2D eigenvalue weighted by Gasteiger charge is -2.23. The van der Waals surface area contributed by atoms with Crippen molar-refractivity contribution in [3.63, 3.8) is 0 Å². The number of hydrogen-bond acceptors (Lipinski definition) is 6.